The number of aryl methyl sites for hydroxylation is 1. The number of nitrogens with two attached hydrogens (primary N) is 1. The summed E-state index contributed by atoms with van der Waals surface area (Å²) in [5, 5.41) is 0. The van der Waals surface area contributed by atoms with Crippen molar-refractivity contribution in [1.82, 2.24) is 9.88 Å². The Morgan fingerprint density at radius 2 is 2.24 bits per heavy atom. The number of aromatic nitrogens is 1. The Hall–Kier alpha value is -0.970. The van der Waals surface area contributed by atoms with Crippen LogP contribution in [0.1, 0.15) is 18.3 Å². The molecule has 0 radical (unpaired) electrons. The zero-order chi connectivity index (χ0) is 12.7. The van der Waals surface area contributed by atoms with Crippen LogP contribution in [-0.2, 0) is 11.3 Å². The first-order valence-electron chi connectivity index (χ1n) is 6.06. The molecule has 0 amide bonds. The number of nitrogens with zero attached hydrogens (tertiary/aromatic N) is 2. The quantitative estimate of drug-likeness (QED) is 0.774. The second-order valence-corrected chi connectivity index (χ2v) is 4.18. The summed E-state index contributed by atoms with van der Waals surface area (Å²) < 4.78 is 5.20. The maximum Gasteiger partial charge on any atom is 0.0630 e. The van der Waals surface area contributed by atoms with Gasteiger partial charge in [0.1, 0.15) is 0 Å². The summed E-state index contributed by atoms with van der Waals surface area (Å²) in [6.07, 6.45) is 0. The Kier molecular flexibility index (Phi) is 6.11. The lowest BCUT2D eigenvalue weighted by molar-refractivity contribution is 0.0919. The molecule has 1 rings (SSSR count). The molecule has 0 saturated heterocycles. The molecule has 17 heavy (non-hydrogen) atoms. The normalized spacial score (nSPS) is 13.0. The summed E-state index contributed by atoms with van der Waals surface area (Å²) in [6, 6.07) is 6.36. The predicted octanol–water partition coefficient (Wildman–Crippen LogP) is 1.19. The van der Waals surface area contributed by atoms with Gasteiger partial charge >= 0.3 is 0 Å². The van der Waals surface area contributed by atoms with Gasteiger partial charge in [-0.05, 0) is 25.6 Å². The van der Waals surface area contributed by atoms with Crippen LogP contribution < -0.4 is 5.73 Å². The third kappa shape index (κ3) is 4.42. The molecule has 1 unspecified atom stereocenters. The van der Waals surface area contributed by atoms with Gasteiger partial charge in [-0.1, -0.05) is 13.0 Å². The topological polar surface area (TPSA) is 51.4 Å². The molecular weight excluding hydrogens is 214 g/mol. The highest BCUT2D eigenvalue weighted by Gasteiger charge is 2.16. The zero-order valence-corrected chi connectivity index (χ0v) is 11.0. The van der Waals surface area contributed by atoms with Gasteiger partial charge in [0.2, 0.25) is 0 Å². The van der Waals surface area contributed by atoms with E-state index in [0.29, 0.717) is 13.2 Å². The lowest BCUT2D eigenvalue weighted by atomic mass is 10.2. The Labute approximate surface area is 104 Å². The van der Waals surface area contributed by atoms with Crippen LogP contribution in [0.5, 0.6) is 0 Å². The molecule has 4 nitrogen and oxygen atoms in total. The maximum atomic E-state index is 5.78. The molecule has 1 aromatic rings. The van der Waals surface area contributed by atoms with Crippen molar-refractivity contribution in [1.29, 1.82) is 0 Å². The Balaban J connectivity index is 2.68. The molecular formula is C13H23N3O. The van der Waals surface area contributed by atoms with Crippen molar-refractivity contribution >= 4 is 0 Å². The number of hydrogen-bond acceptors (Lipinski definition) is 4. The van der Waals surface area contributed by atoms with Crippen molar-refractivity contribution in [2.75, 3.05) is 26.8 Å². The van der Waals surface area contributed by atoms with Gasteiger partial charge in [-0.25, -0.2) is 0 Å². The summed E-state index contributed by atoms with van der Waals surface area (Å²) in [6.45, 7) is 7.18. The van der Waals surface area contributed by atoms with Crippen LogP contribution in [-0.4, -0.2) is 42.7 Å². The lowest BCUT2D eigenvalue weighted by Gasteiger charge is -2.28. The number of hydrogen-bond donors (Lipinski definition) is 1. The summed E-state index contributed by atoms with van der Waals surface area (Å²) >= 11 is 0. The van der Waals surface area contributed by atoms with E-state index in [2.05, 4.69) is 22.9 Å². The monoisotopic (exact) mass is 237 g/mol. The molecule has 0 aromatic carbocycles. The van der Waals surface area contributed by atoms with Crippen LogP contribution in [0.3, 0.4) is 0 Å². The van der Waals surface area contributed by atoms with Crippen LogP contribution in [0, 0.1) is 6.92 Å². The van der Waals surface area contributed by atoms with Gasteiger partial charge < -0.3 is 10.5 Å². The predicted molar refractivity (Wildman–Crippen MR) is 69.8 cm³/mol. The standard InChI is InChI=1S/C13H23N3O/c1-4-16(13(8-14)10-17-3)9-12-7-5-6-11(2)15-12/h5-7,13H,4,8-10,14H2,1-3H3. The van der Waals surface area contributed by atoms with Crippen molar-refractivity contribution < 1.29 is 4.74 Å². The first kappa shape index (κ1) is 14.1. The minimum atomic E-state index is 0.257. The second kappa shape index (κ2) is 7.37. The summed E-state index contributed by atoms with van der Waals surface area (Å²) in [4.78, 5) is 6.81. The number of pyridine rings is 1. The number of likely N-dealkylation sites (N-methyl/N-ethyl adjacent to an activating group) is 1. The van der Waals surface area contributed by atoms with Crippen LogP contribution in [0.4, 0.5) is 0 Å². The fraction of sp³-hybridized carbons (Fsp3) is 0.615. The Morgan fingerprint density at radius 3 is 2.76 bits per heavy atom. The molecule has 0 saturated carbocycles. The minimum absolute atomic E-state index is 0.257. The highest BCUT2D eigenvalue weighted by Crippen LogP contribution is 2.07. The van der Waals surface area contributed by atoms with Crippen molar-refractivity contribution in [2.24, 2.45) is 5.73 Å². The molecule has 1 heterocycles. The van der Waals surface area contributed by atoms with Crippen molar-refractivity contribution in [3.05, 3.63) is 29.6 Å². The first-order valence-corrected chi connectivity index (χ1v) is 6.06. The van der Waals surface area contributed by atoms with E-state index >= 15 is 0 Å². The summed E-state index contributed by atoms with van der Waals surface area (Å²) in [7, 11) is 1.71. The molecule has 4 heteroatoms. The van der Waals surface area contributed by atoms with Gasteiger partial charge in [-0.3, -0.25) is 9.88 Å². The number of rotatable bonds is 7. The van der Waals surface area contributed by atoms with E-state index in [0.717, 1.165) is 24.5 Å². The fourth-order valence-corrected chi connectivity index (χ4v) is 1.91. The highest BCUT2D eigenvalue weighted by atomic mass is 16.5. The van der Waals surface area contributed by atoms with E-state index in [-0.39, 0.29) is 6.04 Å². The highest BCUT2D eigenvalue weighted by molar-refractivity contribution is 5.09. The number of methoxy groups -OCH3 is 1. The second-order valence-electron chi connectivity index (χ2n) is 4.18. The molecule has 0 bridgehead atoms. The smallest absolute Gasteiger partial charge is 0.0630 e. The SMILES string of the molecule is CCN(Cc1cccc(C)n1)C(CN)COC. The summed E-state index contributed by atoms with van der Waals surface area (Å²) in [5.74, 6) is 0. The van der Waals surface area contributed by atoms with E-state index in [1.165, 1.54) is 0 Å². The molecule has 1 atom stereocenters. The number of ether oxygens (including phenoxy) is 1. The zero-order valence-electron chi connectivity index (χ0n) is 11.0. The average molecular weight is 237 g/mol. The van der Waals surface area contributed by atoms with Crippen LogP contribution in [0.25, 0.3) is 0 Å². The maximum absolute atomic E-state index is 5.78. The largest absolute Gasteiger partial charge is 0.383 e. The van der Waals surface area contributed by atoms with Gasteiger partial charge in [-0.2, -0.15) is 0 Å². The molecule has 0 spiro atoms. The van der Waals surface area contributed by atoms with Crippen molar-refractivity contribution in [3.8, 4) is 0 Å². The molecule has 2 N–H and O–H groups in total. The third-order valence-corrected chi connectivity index (χ3v) is 2.86. The van der Waals surface area contributed by atoms with E-state index < -0.39 is 0 Å². The fourth-order valence-electron chi connectivity index (χ4n) is 1.91. The van der Waals surface area contributed by atoms with Crippen LogP contribution in [0.15, 0.2) is 18.2 Å². The molecule has 0 aliphatic heterocycles. The van der Waals surface area contributed by atoms with E-state index in [1.807, 2.05) is 19.1 Å². The van der Waals surface area contributed by atoms with Crippen LogP contribution >= 0.6 is 0 Å². The van der Waals surface area contributed by atoms with Gasteiger partial charge in [-0.15, -0.1) is 0 Å². The van der Waals surface area contributed by atoms with Crippen molar-refractivity contribution in [3.63, 3.8) is 0 Å². The Morgan fingerprint density at radius 1 is 1.47 bits per heavy atom. The molecule has 0 aliphatic rings. The van der Waals surface area contributed by atoms with Gasteiger partial charge in [0.15, 0.2) is 0 Å². The first-order chi connectivity index (χ1) is 8.21. The van der Waals surface area contributed by atoms with Gasteiger partial charge in [0, 0.05) is 31.9 Å². The van der Waals surface area contributed by atoms with E-state index in [9.17, 15) is 0 Å². The van der Waals surface area contributed by atoms with E-state index in [4.69, 9.17) is 10.5 Å². The van der Waals surface area contributed by atoms with Gasteiger partial charge in [0.05, 0.1) is 12.3 Å². The molecule has 1 aromatic heterocycles. The van der Waals surface area contributed by atoms with Crippen molar-refractivity contribution in [2.45, 2.75) is 26.4 Å². The molecule has 0 aliphatic carbocycles. The Bertz CT molecular complexity index is 330. The third-order valence-electron chi connectivity index (χ3n) is 2.86. The molecule has 96 valence electrons. The van der Waals surface area contributed by atoms with Crippen LogP contribution in [0.2, 0.25) is 0 Å². The average Bonchev–Trinajstić information content (AvgIpc) is 2.33. The minimum Gasteiger partial charge on any atom is -0.383 e. The lowest BCUT2D eigenvalue weighted by Crippen LogP contribution is -2.43. The van der Waals surface area contributed by atoms with Gasteiger partial charge in [0.25, 0.3) is 0 Å². The van der Waals surface area contributed by atoms with E-state index in [1.54, 1.807) is 7.11 Å². The summed E-state index contributed by atoms with van der Waals surface area (Å²) in [5.41, 5.74) is 7.91. The molecule has 0 fully saturated rings.